The molecule has 28 heavy (non-hydrogen) atoms. The zero-order valence-electron chi connectivity index (χ0n) is 16.2. The fraction of sp³-hybridized carbons (Fsp3) is 0.409. The van der Waals surface area contributed by atoms with Crippen molar-refractivity contribution in [1.29, 1.82) is 0 Å². The van der Waals surface area contributed by atoms with Gasteiger partial charge in [0.1, 0.15) is 0 Å². The molecule has 2 saturated heterocycles. The van der Waals surface area contributed by atoms with E-state index < -0.39 is 0 Å². The summed E-state index contributed by atoms with van der Waals surface area (Å²) in [6.45, 7) is 2.99. The average Bonchev–Trinajstić information content (AvgIpc) is 3.29. The lowest BCUT2D eigenvalue weighted by Crippen LogP contribution is -2.49. The van der Waals surface area contributed by atoms with Gasteiger partial charge in [-0.2, -0.15) is 0 Å². The summed E-state index contributed by atoms with van der Waals surface area (Å²) in [4.78, 5) is 15.1. The lowest BCUT2D eigenvalue weighted by Gasteiger charge is -2.32. The first-order chi connectivity index (χ1) is 13.7. The Bertz CT molecular complexity index is 829. The third-order valence-corrected chi connectivity index (χ3v) is 5.81. The molecule has 6 heteroatoms. The number of ether oxygens (including phenoxy) is 2. The van der Waals surface area contributed by atoms with Gasteiger partial charge in [0.25, 0.3) is 0 Å². The number of hydrogen-bond donors (Lipinski definition) is 2. The van der Waals surface area contributed by atoms with Crippen LogP contribution in [0.5, 0.6) is 17.2 Å². The van der Waals surface area contributed by atoms with Crippen molar-refractivity contribution in [2.75, 3.05) is 32.1 Å². The van der Waals surface area contributed by atoms with Crippen LogP contribution in [0.3, 0.4) is 0 Å². The molecule has 0 bridgehead atoms. The molecular formula is C22H27N3O3. The Morgan fingerprint density at radius 3 is 2.36 bits per heavy atom. The Hall–Kier alpha value is -2.73. The summed E-state index contributed by atoms with van der Waals surface area (Å²) >= 11 is 0. The van der Waals surface area contributed by atoms with Gasteiger partial charge in [-0.1, -0.05) is 24.3 Å². The van der Waals surface area contributed by atoms with Gasteiger partial charge in [-0.3, -0.25) is 4.90 Å². The molecule has 2 aliphatic rings. The van der Waals surface area contributed by atoms with Gasteiger partial charge >= 0.3 is 6.03 Å². The predicted octanol–water partition coefficient (Wildman–Crippen LogP) is 4.24. The molecule has 0 aliphatic carbocycles. The Morgan fingerprint density at radius 1 is 1.00 bits per heavy atom. The first-order valence-corrected chi connectivity index (χ1v) is 9.90. The fourth-order valence-corrected chi connectivity index (χ4v) is 4.41. The van der Waals surface area contributed by atoms with E-state index in [1.54, 1.807) is 7.11 Å². The van der Waals surface area contributed by atoms with Gasteiger partial charge in [0.2, 0.25) is 0 Å². The summed E-state index contributed by atoms with van der Waals surface area (Å²) < 4.78 is 11.3. The summed E-state index contributed by atoms with van der Waals surface area (Å²) in [5, 5.41) is 6.01. The van der Waals surface area contributed by atoms with Crippen LogP contribution in [0.4, 0.5) is 10.5 Å². The lowest BCUT2D eigenvalue weighted by atomic mass is 9.94. The molecule has 2 amide bonds. The molecule has 0 radical (unpaired) electrons. The molecule has 2 aliphatic heterocycles. The van der Waals surface area contributed by atoms with Crippen LogP contribution in [0.2, 0.25) is 0 Å². The highest BCUT2D eigenvalue weighted by atomic mass is 16.5. The second-order valence-corrected chi connectivity index (χ2v) is 7.48. The molecule has 0 unspecified atom stereocenters. The topological polar surface area (TPSA) is 62.8 Å². The van der Waals surface area contributed by atoms with E-state index >= 15 is 0 Å². The smallest absolute Gasteiger partial charge is 0.319 e. The number of amides is 2. The van der Waals surface area contributed by atoms with Crippen molar-refractivity contribution in [1.82, 2.24) is 10.2 Å². The van der Waals surface area contributed by atoms with Crippen molar-refractivity contribution in [2.45, 2.75) is 31.2 Å². The number of nitrogens with one attached hydrogen (secondary N) is 2. The number of urea groups is 1. The number of fused-ring (bicyclic) bond motifs is 1. The number of nitrogens with zero attached hydrogens (tertiary/aromatic N) is 1. The molecular weight excluding hydrogens is 354 g/mol. The number of carbonyl (C=O) groups excluding carboxylic acids is 1. The summed E-state index contributed by atoms with van der Waals surface area (Å²) in [6, 6.07) is 14.7. The van der Waals surface area contributed by atoms with E-state index in [1.165, 1.54) is 25.7 Å². The van der Waals surface area contributed by atoms with Gasteiger partial charge in [0.05, 0.1) is 12.8 Å². The van der Waals surface area contributed by atoms with Crippen LogP contribution in [0.1, 0.15) is 25.7 Å². The maximum absolute atomic E-state index is 12.6. The van der Waals surface area contributed by atoms with Gasteiger partial charge in [-0.25, -0.2) is 4.79 Å². The standard InChI is InChI=1S/C22H27N3O3/c1-27-19-10-4-5-11-20(19)28-18-9-3-2-8-17(18)24-21(26)23-16-22-12-6-14-25(22)15-7-13-22/h2-5,8-11H,6-7,12-16H2,1H3,(H2,23,24,26). The van der Waals surface area contributed by atoms with E-state index in [-0.39, 0.29) is 11.6 Å². The van der Waals surface area contributed by atoms with Crippen molar-refractivity contribution in [2.24, 2.45) is 0 Å². The van der Waals surface area contributed by atoms with Gasteiger partial charge in [-0.15, -0.1) is 0 Å². The number of rotatable bonds is 6. The Morgan fingerprint density at radius 2 is 1.64 bits per heavy atom. The number of hydrogen-bond acceptors (Lipinski definition) is 4. The number of para-hydroxylation sites is 4. The number of carbonyl (C=O) groups is 1. The van der Waals surface area contributed by atoms with Gasteiger partial charge in [0, 0.05) is 12.1 Å². The molecule has 0 atom stereocenters. The number of methoxy groups -OCH3 is 1. The second kappa shape index (κ2) is 8.10. The summed E-state index contributed by atoms with van der Waals surface area (Å²) in [5.41, 5.74) is 0.781. The van der Waals surface area contributed by atoms with Crippen LogP contribution in [0.15, 0.2) is 48.5 Å². The van der Waals surface area contributed by atoms with Crippen molar-refractivity contribution in [3.63, 3.8) is 0 Å². The Labute approximate surface area is 165 Å². The molecule has 0 spiro atoms. The summed E-state index contributed by atoms with van der Waals surface area (Å²) in [7, 11) is 1.61. The van der Waals surface area contributed by atoms with Crippen LogP contribution < -0.4 is 20.1 Å². The van der Waals surface area contributed by atoms with E-state index in [2.05, 4.69) is 15.5 Å². The van der Waals surface area contributed by atoms with Crippen molar-refractivity contribution >= 4 is 11.7 Å². The van der Waals surface area contributed by atoms with E-state index in [9.17, 15) is 4.79 Å². The predicted molar refractivity (Wildman–Crippen MR) is 109 cm³/mol. The monoisotopic (exact) mass is 381 g/mol. The van der Waals surface area contributed by atoms with Crippen molar-refractivity contribution in [3.05, 3.63) is 48.5 Å². The van der Waals surface area contributed by atoms with Crippen molar-refractivity contribution in [3.8, 4) is 17.2 Å². The normalized spacial score (nSPS) is 17.8. The zero-order valence-corrected chi connectivity index (χ0v) is 16.2. The number of benzene rings is 2. The minimum atomic E-state index is -0.204. The molecule has 2 heterocycles. The van der Waals surface area contributed by atoms with E-state index in [4.69, 9.17) is 9.47 Å². The Balaban J connectivity index is 1.41. The SMILES string of the molecule is COc1ccccc1Oc1ccccc1NC(=O)NCC12CCCN1CCC2. The minimum absolute atomic E-state index is 0.158. The quantitative estimate of drug-likeness (QED) is 0.786. The van der Waals surface area contributed by atoms with Crippen LogP contribution in [-0.4, -0.2) is 43.2 Å². The third kappa shape index (κ3) is 3.78. The molecule has 6 nitrogen and oxygen atoms in total. The van der Waals surface area contributed by atoms with Crippen molar-refractivity contribution < 1.29 is 14.3 Å². The average molecular weight is 381 g/mol. The van der Waals surface area contributed by atoms with Crippen LogP contribution in [-0.2, 0) is 0 Å². The summed E-state index contributed by atoms with van der Waals surface area (Å²) in [5.74, 6) is 1.82. The van der Waals surface area contributed by atoms with Gasteiger partial charge in [0.15, 0.2) is 17.2 Å². The van der Waals surface area contributed by atoms with Gasteiger partial charge in [-0.05, 0) is 63.0 Å². The largest absolute Gasteiger partial charge is 0.493 e. The maximum atomic E-state index is 12.6. The molecule has 2 fully saturated rings. The van der Waals surface area contributed by atoms with E-state index in [1.807, 2.05) is 48.5 Å². The molecule has 0 saturated carbocycles. The second-order valence-electron chi connectivity index (χ2n) is 7.48. The summed E-state index contributed by atoms with van der Waals surface area (Å²) in [6.07, 6.45) is 4.78. The number of anilines is 1. The highest BCUT2D eigenvalue weighted by Crippen LogP contribution is 2.38. The highest BCUT2D eigenvalue weighted by Gasteiger charge is 2.44. The first-order valence-electron chi connectivity index (χ1n) is 9.90. The minimum Gasteiger partial charge on any atom is -0.493 e. The van der Waals surface area contributed by atoms with Crippen LogP contribution in [0.25, 0.3) is 0 Å². The fourth-order valence-electron chi connectivity index (χ4n) is 4.41. The first kappa shape index (κ1) is 18.6. The molecule has 2 aromatic carbocycles. The van der Waals surface area contributed by atoms with Gasteiger partial charge < -0.3 is 20.1 Å². The maximum Gasteiger partial charge on any atom is 0.319 e. The van der Waals surface area contributed by atoms with Crippen LogP contribution in [0, 0.1) is 0 Å². The molecule has 0 aromatic heterocycles. The molecule has 2 aromatic rings. The van der Waals surface area contributed by atoms with E-state index in [0.29, 0.717) is 29.5 Å². The van der Waals surface area contributed by atoms with E-state index in [0.717, 1.165) is 13.1 Å². The lowest BCUT2D eigenvalue weighted by molar-refractivity contribution is 0.189. The highest BCUT2D eigenvalue weighted by molar-refractivity contribution is 5.91. The molecule has 148 valence electrons. The third-order valence-electron chi connectivity index (χ3n) is 5.81. The molecule has 4 rings (SSSR count). The molecule has 2 N–H and O–H groups in total. The Kier molecular flexibility index (Phi) is 5.39. The zero-order chi connectivity index (χ0) is 19.4. The van der Waals surface area contributed by atoms with Crippen LogP contribution >= 0.6 is 0 Å².